The van der Waals surface area contributed by atoms with Crippen molar-refractivity contribution in [1.29, 1.82) is 0 Å². The molecule has 3 saturated carbocycles. The Kier molecular flexibility index (Phi) is 10.8. The second-order valence-corrected chi connectivity index (χ2v) is 14.6. The van der Waals surface area contributed by atoms with E-state index >= 15 is 0 Å². The molecule has 2 aromatic rings. The van der Waals surface area contributed by atoms with Gasteiger partial charge in [-0.05, 0) is 66.7 Å². The van der Waals surface area contributed by atoms with E-state index < -0.39 is 30.3 Å². The first kappa shape index (κ1) is 36.4. The summed E-state index contributed by atoms with van der Waals surface area (Å²) in [5, 5.41) is 10.3. The highest BCUT2D eigenvalue weighted by Crippen LogP contribution is 2.61. The molecule has 0 aromatic heterocycles. The molecule has 4 aliphatic rings. The van der Waals surface area contributed by atoms with E-state index in [9.17, 15) is 14.4 Å². The molecule has 1 heterocycles. The standard InChI is InChI=1S/C37H54N6O6/c1-20-28-16-25(37(28,3)4)17-29(20)41-35(45)32-31(21(2)48-36(46)40-6)30(18-38)49-43(32)19-22-11-10-12-27(33(22)47-9)23-13-24(34(44)39-5)15-26(14-23)42(7)8/h10-15,20-21,25,28-32H,16-19,38H2,1-9H3,(H,39,44)(H,40,46)(H,41,45)/t20?,21?,25-,28+,29+,30+,31-,32+/m1/s1. The zero-order valence-corrected chi connectivity index (χ0v) is 30.3. The average Bonchev–Trinajstić information content (AvgIpc) is 3.46. The maximum atomic E-state index is 14.4. The number of anilines is 1. The number of hydroxylamine groups is 2. The Morgan fingerprint density at radius 3 is 2.45 bits per heavy atom. The molecule has 0 spiro atoms. The topological polar surface area (TPSA) is 147 Å². The zero-order valence-electron chi connectivity index (χ0n) is 30.3. The van der Waals surface area contributed by atoms with Crippen molar-refractivity contribution in [2.24, 2.45) is 34.8 Å². The second-order valence-electron chi connectivity index (χ2n) is 14.6. The molecular formula is C37H54N6O6. The number of nitrogens with zero attached hydrogens (tertiary/aromatic N) is 2. The van der Waals surface area contributed by atoms with Gasteiger partial charge in [-0.1, -0.05) is 39.0 Å². The molecule has 49 heavy (non-hydrogen) atoms. The summed E-state index contributed by atoms with van der Waals surface area (Å²) in [6, 6.07) is 10.7. The van der Waals surface area contributed by atoms with Crippen molar-refractivity contribution < 1.29 is 28.7 Å². The smallest absolute Gasteiger partial charge is 0.407 e. The van der Waals surface area contributed by atoms with Gasteiger partial charge in [-0.15, -0.1) is 0 Å². The van der Waals surface area contributed by atoms with Crippen molar-refractivity contribution >= 4 is 23.6 Å². The number of nitrogens with one attached hydrogen (secondary N) is 3. The highest BCUT2D eigenvalue weighted by atomic mass is 16.7. The van der Waals surface area contributed by atoms with Crippen molar-refractivity contribution in [3.8, 4) is 16.9 Å². The number of hydrogen-bond acceptors (Lipinski definition) is 9. The highest BCUT2D eigenvalue weighted by Gasteiger charge is 2.57. The van der Waals surface area contributed by atoms with Gasteiger partial charge in [-0.3, -0.25) is 14.4 Å². The van der Waals surface area contributed by atoms with E-state index in [4.69, 9.17) is 20.0 Å². The monoisotopic (exact) mass is 678 g/mol. The largest absolute Gasteiger partial charge is 0.496 e. The second kappa shape index (κ2) is 14.5. The maximum Gasteiger partial charge on any atom is 0.407 e. The van der Waals surface area contributed by atoms with Crippen LogP contribution in [0, 0.1) is 29.1 Å². The lowest BCUT2D eigenvalue weighted by Crippen LogP contribution is -2.62. The number of carbonyl (C=O) groups excluding carboxylic acids is 3. The molecule has 12 heteroatoms. The molecule has 4 fully saturated rings. The van der Waals surface area contributed by atoms with E-state index in [1.165, 1.54) is 13.5 Å². The normalized spacial score (nSPS) is 27.8. The van der Waals surface area contributed by atoms with Crippen LogP contribution in [-0.4, -0.2) is 89.1 Å². The van der Waals surface area contributed by atoms with Crippen LogP contribution < -0.4 is 31.3 Å². The molecule has 3 aliphatic carbocycles. The van der Waals surface area contributed by atoms with Crippen molar-refractivity contribution in [3.05, 3.63) is 47.5 Å². The van der Waals surface area contributed by atoms with E-state index in [1.54, 1.807) is 26.1 Å². The number of ether oxygens (including phenoxy) is 2. The van der Waals surface area contributed by atoms with Gasteiger partial charge in [0.2, 0.25) is 5.91 Å². The molecule has 2 unspecified atom stereocenters. The summed E-state index contributed by atoms with van der Waals surface area (Å²) in [4.78, 5) is 47.9. The van der Waals surface area contributed by atoms with Gasteiger partial charge < -0.3 is 36.1 Å². The van der Waals surface area contributed by atoms with E-state index in [2.05, 4.69) is 36.7 Å². The fourth-order valence-electron chi connectivity index (χ4n) is 8.47. The number of amides is 3. The van der Waals surface area contributed by atoms with E-state index in [-0.39, 0.29) is 36.4 Å². The van der Waals surface area contributed by atoms with Crippen molar-refractivity contribution in [2.75, 3.05) is 46.7 Å². The lowest BCUT2D eigenvalue weighted by molar-refractivity contribution is -0.175. The number of rotatable bonds is 11. The highest BCUT2D eigenvalue weighted by molar-refractivity contribution is 5.97. The van der Waals surface area contributed by atoms with Gasteiger partial charge in [-0.2, -0.15) is 5.06 Å². The number of fused-ring (bicyclic) bond motifs is 2. The van der Waals surface area contributed by atoms with Crippen LogP contribution in [0.25, 0.3) is 11.1 Å². The van der Waals surface area contributed by atoms with Gasteiger partial charge >= 0.3 is 6.09 Å². The number of alkyl carbamates (subject to hydrolysis) is 1. The Bertz CT molecular complexity index is 1550. The molecule has 5 N–H and O–H groups in total. The zero-order chi connectivity index (χ0) is 35.8. The van der Waals surface area contributed by atoms with Gasteiger partial charge in [0, 0.05) is 63.2 Å². The first-order valence-corrected chi connectivity index (χ1v) is 17.3. The number of carbonyl (C=O) groups is 3. The lowest BCUT2D eigenvalue weighted by atomic mass is 9.45. The van der Waals surface area contributed by atoms with Crippen LogP contribution >= 0.6 is 0 Å². The van der Waals surface area contributed by atoms with Crippen LogP contribution in [0.1, 0.15) is 56.5 Å². The molecule has 3 amide bonds. The van der Waals surface area contributed by atoms with Crippen LogP contribution in [0.3, 0.4) is 0 Å². The fourth-order valence-corrected chi connectivity index (χ4v) is 8.47. The molecule has 1 aliphatic heterocycles. The Hall–Kier alpha value is -3.87. The molecule has 6 rings (SSSR count). The van der Waals surface area contributed by atoms with Crippen molar-refractivity contribution in [1.82, 2.24) is 21.0 Å². The first-order valence-electron chi connectivity index (χ1n) is 17.3. The third-order valence-electron chi connectivity index (χ3n) is 11.5. The van der Waals surface area contributed by atoms with Crippen LogP contribution in [0.15, 0.2) is 36.4 Å². The molecule has 1 saturated heterocycles. The van der Waals surface area contributed by atoms with Crippen LogP contribution in [-0.2, 0) is 20.9 Å². The third-order valence-corrected chi connectivity index (χ3v) is 11.5. The Morgan fingerprint density at radius 2 is 1.86 bits per heavy atom. The summed E-state index contributed by atoms with van der Waals surface area (Å²) < 4.78 is 11.7. The number of nitrogens with two attached hydrogens (primary N) is 1. The summed E-state index contributed by atoms with van der Waals surface area (Å²) >= 11 is 0. The van der Waals surface area contributed by atoms with Gasteiger partial charge in [0.15, 0.2) is 0 Å². The average molecular weight is 679 g/mol. The minimum Gasteiger partial charge on any atom is -0.496 e. The Morgan fingerprint density at radius 1 is 1.12 bits per heavy atom. The third kappa shape index (κ3) is 6.95. The van der Waals surface area contributed by atoms with Crippen molar-refractivity contribution in [3.63, 3.8) is 0 Å². The van der Waals surface area contributed by atoms with Gasteiger partial charge in [0.25, 0.3) is 5.91 Å². The van der Waals surface area contributed by atoms with Gasteiger partial charge in [0.1, 0.15) is 17.9 Å². The predicted molar refractivity (Wildman–Crippen MR) is 189 cm³/mol. The van der Waals surface area contributed by atoms with Gasteiger partial charge in [-0.25, -0.2) is 4.79 Å². The first-order chi connectivity index (χ1) is 23.2. The summed E-state index contributed by atoms with van der Waals surface area (Å²) in [5.41, 5.74) is 10.3. The summed E-state index contributed by atoms with van der Waals surface area (Å²) in [7, 11) is 8.56. The number of methoxy groups -OCH3 is 1. The summed E-state index contributed by atoms with van der Waals surface area (Å²) in [5.74, 6) is 1.14. The minimum atomic E-state index is -0.794. The van der Waals surface area contributed by atoms with E-state index in [1.807, 2.05) is 55.4 Å². The van der Waals surface area contributed by atoms with Crippen LogP contribution in [0.2, 0.25) is 0 Å². The van der Waals surface area contributed by atoms with E-state index in [0.717, 1.165) is 28.8 Å². The van der Waals surface area contributed by atoms with Crippen molar-refractivity contribution in [2.45, 2.75) is 71.4 Å². The Balaban J connectivity index is 1.50. The molecular weight excluding hydrogens is 624 g/mol. The molecule has 12 nitrogen and oxygen atoms in total. The van der Waals surface area contributed by atoms with Crippen LogP contribution in [0.4, 0.5) is 10.5 Å². The Labute approximate surface area is 290 Å². The SMILES string of the molecule is CNC(=O)OC(C)[C@@H]1[C@H](CN)ON(Cc2cccc(-c3cc(C(=O)NC)cc(N(C)C)c3)c2OC)[C@@H]1C(=O)N[C@H]1C[C@H]2C[C@@H](C1C)C2(C)C. The maximum absolute atomic E-state index is 14.4. The van der Waals surface area contributed by atoms with Gasteiger partial charge in [0.05, 0.1) is 25.7 Å². The van der Waals surface area contributed by atoms with Crippen LogP contribution in [0.5, 0.6) is 5.75 Å². The summed E-state index contributed by atoms with van der Waals surface area (Å²) in [6.45, 7) is 9.02. The minimum absolute atomic E-state index is 0.0372. The number of benzene rings is 2. The molecule has 8 atom stereocenters. The number of hydrogen-bond donors (Lipinski definition) is 4. The summed E-state index contributed by atoms with van der Waals surface area (Å²) in [6.07, 6.45) is 0.295. The molecule has 268 valence electrons. The predicted octanol–water partition coefficient (Wildman–Crippen LogP) is 3.78. The van der Waals surface area contributed by atoms with E-state index in [0.29, 0.717) is 29.1 Å². The lowest BCUT2D eigenvalue weighted by Gasteiger charge is -2.62. The molecule has 0 radical (unpaired) electrons. The molecule has 2 bridgehead atoms. The fraction of sp³-hybridized carbons (Fsp3) is 0.595. The number of para-hydroxylation sites is 1. The quantitative estimate of drug-likeness (QED) is 0.279. The molecule has 2 aromatic carbocycles.